The van der Waals surface area contributed by atoms with Gasteiger partial charge in [0.05, 0.1) is 13.0 Å². The highest BCUT2D eigenvalue weighted by atomic mass is 19.4. The smallest absolute Gasteiger partial charge is 0.371 e. The first-order chi connectivity index (χ1) is 11.1. The summed E-state index contributed by atoms with van der Waals surface area (Å²) < 4.78 is 68.6. The molecule has 136 valence electrons. The van der Waals surface area contributed by atoms with Crippen LogP contribution in [0.25, 0.3) is 0 Å². The topological polar surface area (TPSA) is 69.4 Å². The zero-order valence-corrected chi connectivity index (χ0v) is 12.6. The molecule has 1 aliphatic rings. The van der Waals surface area contributed by atoms with Crippen molar-refractivity contribution in [2.75, 3.05) is 13.7 Å². The van der Waals surface area contributed by atoms with Gasteiger partial charge >= 0.3 is 11.9 Å². The number of aromatic nitrogens is 3. The first-order valence-corrected chi connectivity index (χ1v) is 6.95. The quantitative estimate of drug-likeness (QED) is 0.724. The van der Waals surface area contributed by atoms with Gasteiger partial charge in [0.15, 0.2) is 11.9 Å². The second-order valence-corrected chi connectivity index (χ2v) is 5.21. The highest BCUT2D eigenvalue weighted by Crippen LogP contribution is 2.25. The normalized spacial score (nSPS) is 16.4. The van der Waals surface area contributed by atoms with E-state index in [2.05, 4.69) is 9.84 Å². The Labute approximate surface area is 132 Å². The molecule has 12 heteroatoms. The number of ether oxygens (including phenoxy) is 1. The van der Waals surface area contributed by atoms with Gasteiger partial charge in [0, 0.05) is 20.2 Å². The SMILES string of the molecule is COC(CC(=O)N1CCn2c(nn(CC(F)F)c2=O)C1)C(F)(F)F. The number of carbonyl (C=O) groups excluding carboxylic acids is 1. The van der Waals surface area contributed by atoms with Crippen LogP contribution in [0.5, 0.6) is 0 Å². The Morgan fingerprint density at radius 3 is 2.54 bits per heavy atom. The maximum absolute atomic E-state index is 12.6. The van der Waals surface area contributed by atoms with E-state index in [0.717, 1.165) is 16.6 Å². The van der Waals surface area contributed by atoms with Gasteiger partial charge in [0.2, 0.25) is 5.91 Å². The molecule has 1 unspecified atom stereocenters. The van der Waals surface area contributed by atoms with Gasteiger partial charge in [-0.3, -0.25) is 9.36 Å². The molecule has 1 aliphatic heterocycles. The van der Waals surface area contributed by atoms with Crippen LogP contribution in [0.15, 0.2) is 4.79 Å². The van der Waals surface area contributed by atoms with Crippen molar-refractivity contribution in [1.29, 1.82) is 0 Å². The summed E-state index contributed by atoms with van der Waals surface area (Å²) in [5, 5.41) is 3.71. The molecule has 1 atom stereocenters. The Bertz CT molecular complexity index is 654. The van der Waals surface area contributed by atoms with E-state index in [4.69, 9.17) is 0 Å². The van der Waals surface area contributed by atoms with Crippen molar-refractivity contribution in [3.63, 3.8) is 0 Å². The van der Waals surface area contributed by atoms with Gasteiger partial charge in [-0.05, 0) is 0 Å². The molecule has 0 spiro atoms. The lowest BCUT2D eigenvalue weighted by Crippen LogP contribution is -2.44. The zero-order valence-electron chi connectivity index (χ0n) is 12.6. The second kappa shape index (κ2) is 6.87. The number of hydrogen-bond acceptors (Lipinski definition) is 4. The largest absolute Gasteiger partial charge is 0.415 e. The Morgan fingerprint density at radius 2 is 2.00 bits per heavy atom. The third kappa shape index (κ3) is 3.91. The van der Waals surface area contributed by atoms with Gasteiger partial charge in [-0.2, -0.15) is 18.3 Å². The minimum Gasteiger partial charge on any atom is -0.371 e. The van der Waals surface area contributed by atoms with E-state index in [1.54, 1.807) is 0 Å². The van der Waals surface area contributed by atoms with E-state index in [9.17, 15) is 31.5 Å². The highest BCUT2D eigenvalue weighted by Gasteiger charge is 2.42. The molecule has 0 bridgehead atoms. The highest BCUT2D eigenvalue weighted by molar-refractivity contribution is 5.76. The molecular formula is C12H15F5N4O3. The van der Waals surface area contributed by atoms with Gasteiger partial charge in [-0.15, -0.1) is 0 Å². The van der Waals surface area contributed by atoms with Crippen molar-refractivity contribution in [2.24, 2.45) is 0 Å². The zero-order chi connectivity index (χ0) is 18.1. The minimum absolute atomic E-state index is 0.0135. The van der Waals surface area contributed by atoms with Gasteiger partial charge in [-0.25, -0.2) is 18.3 Å². The Kier molecular flexibility index (Phi) is 5.26. The van der Waals surface area contributed by atoms with Crippen LogP contribution in [-0.4, -0.2) is 57.5 Å². The third-order valence-electron chi connectivity index (χ3n) is 3.60. The van der Waals surface area contributed by atoms with E-state index < -0.39 is 43.3 Å². The van der Waals surface area contributed by atoms with Gasteiger partial charge in [0.25, 0.3) is 6.43 Å². The summed E-state index contributed by atoms with van der Waals surface area (Å²) in [6.45, 7) is -1.14. The van der Waals surface area contributed by atoms with Crippen LogP contribution in [0.2, 0.25) is 0 Å². The van der Waals surface area contributed by atoms with E-state index >= 15 is 0 Å². The minimum atomic E-state index is -4.68. The number of amides is 1. The maximum Gasteiger partial charge on any atom is 0.415 e. The maximum atomic E-state index is 12.6. The molecular weight excluding hydrogens is 343 g/mol. The molecule has 1 amide bonds. The first-order valence-electron chi connectivity index (χ1n) is 6.95. The van der Waals surface area contributed by atoms with Crippen LogP contribution in [0.4, 0.5) is 22.0 Å². The van der Waals surface area contributed by atoms with Gasteiger partial charge in [0.1, 0.15) is 6.54 Å². The summed E-state index contributed by atoms with van der Waals surface area (Å²) in [5.41, 5.74) is -0.734. The molecule has 0 radical (unpaired) electrons. The summed E-state index contributed by atoms with van der Waals surface area (Å²) in [7, 11) is 0.852. The molecule has 0 N–H and O–H groups in total. The van der Waals surface area contributed by atoms with Crippen LogP contribution in [0, 0.1) is 0 Å². The van der Waals surface area contributed by atoms with Crippen LogP contribution >= 0.6 is 0 Å². The van der Waals surface area contributed by atoms with Gasteiger partial charge < -0.3 is 9.64 Å². The standard InChI is InChI=1S/C12H15F5N4O3/c1-24-7(12(15,16)17)4-10(22)19-2-3-20-9(6-19)18-21(11(20)23)5-8(13)14/h7-8H,2-6H2,1H3. The number of halogens is 5. The van der Waals surface area contributed by atoms with Crippen molar-refractivity contribution >= 4 is 5.91 Å². The molecule has 0 fully saturated rings. The summed E-state index contributed by atoms with van der Waals surface area (Å²) >= 11 is 0. The Balaban J connectivity index is 2.09. The van der Waals surface area contributed by atoms with Crippen molar-refractivity contribution in [2.45, 2.75) is 44.8 Å². The lowest BCUT2D eigenvalue weighted by atomic mass is 10.2. The molecule has 0 aliphatic carbocycles. The number of methoxy groups -OCH3 is 1. The fourth-order valence-corrected chi connectivity index (χ4v) is 2.38. The molecule has 7 nitrogen and oxygen atoms in total. The monoisotopic (exact) mass is 358 g/mol. The van der Waals surface area contributed by atoms with Crippen LogP contribution < -0.4 is 5.69 Å². The lowest BCUT2D eigenvalue weighted by molar-refractivity contribution is -0.215. The summed E-state index contributed by atoms with van der Waals surface area (Å²) in [5.74, 6) is -0.762. The second-order valence-electron chi connectivity index (χ2n) is 5.21. The molecule has 2 heterocycles. The number of rotatable bonds is 5. The van der Waals surface area contributed by atoms with Gasteiger partial charge in [-0.1, -0.05) is 0 Å². The number of alkyl halides is 5. The molecule has 2 rings (SSSR count). The molecule has 24 heavy (non-hydrogen) atoms. The van der Waals surface area contributed by atoms with Crippen molar-refractivity contribution < 1.29 is 31.5 Å². The van der Waals surface area contributed by atoms with Crippen LogP contribution in [0.1, 0.15) is 12.2 Å². The molecule has 0 saturated carbocycles. The van der Waals surface area contributed by atoms with Crippen LogP contribution in [-0.2, 0) is 29.2 Å². The van der Waals surface area contributed by atoms with Crippen molar-refractivity contribution in [1.82, 2.24) is 19.2 Å². The predicted molar refractivity (Wildman–Crippen MR) is 69.4 cm³/mol. The lowest BCUT2D eigenvalue weighted by Gasteiger charge is -2.28. The van der Waals surface area contributed by atoms with E-state index in [1.807, 2.05) is 0 Å². The summed E-state index contributed by atoms with van der Waals surface area (Å²) in [4.78, 5) is 24.9. The molecule has 1 aromatic rings. The van der Waals surface area contributed by atoms with E-state index in [0.29, 0.717) is 4.68 Å². The fourth-order valence-electron chi connectivity index (χ4n) is 2.38. The summed E-state index contributed by atoms with van der Waals surface area (Å²) in [6, 6.07) is 0. The molecule has 0 saturated heterocycles. The molecule has 0 aromatic carbocycles. The average molecular weight is 358 g/mol. The third-order valence-corrected chi connectivity index (χ3v) is 3.60. The predicted octanol–water partition coefficient (Wildman–Crippen LogP) is 0.619. The van der Waals surface area contributed by atoms with Crippen LogP contribution in [0.3, 0.4) is 0 Å². The molecule has 1 aromatic heterocycles. The number of nitrogens with zero attached hydrogens (tertiary/aromatic N) is 4. The number of fused-ring (bicyclic) bond motifs is 1. The summed E-state index contributed by atoms with van der Waals surface area (Å²) in [6.07, 6.45) is -10.6. The van der Waals surface area contributed by atoms with E-state index in [-0.39, 0.29) is 25.5 Å². The Morgan fingerprint density at radius 1 is 1.33 bits per heavy atom. The fraction of sp³-hybridized carbons (Fsp3) is 0.750. The van der Waals surface area contributed by atoms with E-state index in [1.165, 1.54) is 0 Å². The first kappa shape index (κ1) is 18.4. The van der Waals surface area contributed by atoms with Crippen molar-refractivity contribution in [3.05, 3.63) is 16.3 Å². The number of carbonyl (C=O) groups is 1. The average Bonchev–Trinajstić information content (AvgIpc) is 2.78. The number of hydrogen-bond donors (Lipinski definition) is 0. The Hall–Kier alpha value is -1.98. The van der Waals surface area contributed by atoms with Crippen molar-refractivity contribution in [3.8, 4) is 0 Å².